The van der Waals surface area contributed by atoms with Crippen molar-refractivity contribution in [2.24, 2.45) is 5.92 Å². The maximum absolute atomic E-state index is 6.04. The zero-order valence-corrected chi connectivity index (χ0v) is 13.5. The average molecular weight is 276 g/mol. The van der Waals surface area contributed by atoms with Gasteiger partial charge in [0.1, 0.15) is 17.1 Å². The summed E-state index contributed by atoms with van der Waals surface area (Å²) in [5.74, 6) is 1.81. The molecule has 112 valence electrons. The number of ether oxygens (including phenoxy) is 2. The van der Waals surface area contributed by atoms with Crippen LogP contribution in [0.15, 0.2) is 61.1 Å². The van der Waals surface area contributed by atoms with Crippen molar-refractivity contribution in [3.63, 3.8) is 0 Å². The standard InChI is InChI=1S/C18H28O2/c1-8-12-16(10-3)19-14-15(5)18(6,7)20-17(11-4)13-9-2/h8-13,15H,1,3,14H2,2,4-7H3/b13-9-,16-12+,17-11+. The van der Waals surface area contributed by atoms with E-state index in [4.69, 9.17) is 9.47 Å². The van der Waals surface area contributed by atoms with E-state index >= 15 is 0 Å². The normalized spacial score (nSPS) is 15.1. The molecule has 0 aromatic rings. The zero-order chi connectivity index (χ0) is 15.6. The van der Waals surface area contributed by atoms with Gasteiger partial charge in [0, 0.05) is 5.92 Å². The molecule has 0 spiro atoms. The van der Waals surface area contributed by atoms with Gasteiger partial charge in [0.25, 0.3) is 0 Å². The van der Waals surface area contributed by atoms with E-state index in [0.29, 0.717) is 6.61 Å². The Balaban J connectivity index is 4.65. The van der Waals surface area contributed by atoms with Crippen molar-refractivity contribution in [2.75, 3.05) is 6.61 Å². The van der Waals surface area contributed by atoms with Gasteiger partial charge in [-0.3, -0.25) is 0 Å². The van der Waals surface area contributed by atoms with Crippen molar-refractivity contribution in [1.29, 1.82) is 0 Å². The molecule has 0 fully saturated rings. The second-order valence-corrected chi connectivity index (χ2v) is 5.12. The summed E-state index contributed by atoms with van der Waals surface area (Å²) in [5, 5.41) is 0. The Morgan fingerprint density at radius 1 is 1.20 bits per heavy atom. The van der Waals surface area contributed by atoms with Crippen LogP contribution in [0.3, 0.4) is 0 Å². The van der Waals surface area contributed by atoms with Gasteiger partial charge >= 0.3 is 0 Å². The highest BCUT2D eigenvalue weighted by Gasteiger charge is 2.28. The molecule has 0 aromatic heterocycles. The molecule has 0 radical (unpaired) electrons. The number of rotatable bonds is 9. The van der Waals surface area contributed by atoms with Crippen LogP contribution in [0.5, 0.6) is 0 Å². The van der Waals surface area contributed by atoms with Crippen molar-refractivity contribution in [3.05, 3.63) is 61.1 Å². The van der Waals surface area contributed by atoms with E-state index in [1.165, 1.54) is 0 Å². The number of hydrogen-bond acceptors (Lipinski definition) is 2. The van der Waals surface area contributed by atoms with E-state index in [2.05, 4.69) is 33.9 Å². The molecule has 0 N–H and O–H groups in total. The van der Waals surface area contributed by atoms with Gasteiger partial charge < -0.3 is 9.47 Å². The van der Waals surface area contributed by atoms with Crippen LogP contribution in [0.4, 0.5) is 0 Å². The largest absolute Gasteiger partial charge is 0.493 e. The van der Waals surface area contributed by atoms with E-state index in [1.807, 2.05) is 32.1 Å². The van der Waals surface area contributed by atoms with Crippen molar-refractivity contribution in [1.82, 2.24) is 0 Å². The third-order valence-electron chi connectivity index (χ3n) is 3.17. The fourth-order valence-electron chi connectivity index (χ4n) is 1.47. The van der Waals surface area contributed by atoms with Gasteiger partial charge in [-0.25, -0.2) is 0 Å². The SMILES string of the molecule is C=C/C=C(\C=C)OCC(C)C(C)(C)OC(/C=C\C)=C/C. The van der Waals surface area contributed by atoms with Crippen molar-refractivity contribution in [3.8, 4) is 0 Å². The van der Waals surface area contributed by atoms with Crippen molar-refractivity contribution >= 4 is 0 Å². The highest BCUT2D eigenvalue weighted by molar-refractivity contribution is 5.15. The Bertz CT molecular complexity index is 398. The highest BCUT2D eigenvalue weighted by atomic mass is 16.5. The zero-order valence-electron chi connectivity index (χ0n) is 13.5. The van der Waals surface area contributed by atoms with Gasteiger partial charge in [-0.05, 0) is 52.0 Å². The lowest BCUT2D eigenvalue weighted by molar-refractivity contribution is -0.0290. The monoisotopic (exact) mass is 276 g/mol. The molecule has 20 heavy (non-hydrogen) atoms. The minimum atomic E-state index is -0.318. The molecule has 0 aliphatic heterocycles. The van der Waals surface area contributed by atoms with E-state index < -0.39 is 0 Å². The van der Waals surface area contributed by atoms with Crippen molar-refractivity contribution < 1.29 is 9.47 Å². The Labute approximate surface area is 124 Å². The second-order valence-electron chi connectivity index (χ2n) is 5.12. The molecule has 0 bridgehead atoms. The van der Waals surface area contributed by atoms with Crippen LogP contribution in [0.1, 0.15) is 34.6 Å². The lowest BCUT2D eigenvalue weighted by Crippen LogP contribution is -2.35. The Kier molecular flexibility index (Phi) is 8.46. The molecule has 0 aliphatic rings. The maximum atomic E-state index is 6.04. The Hall–Kier alpha value is -1.70. The summed E-state index contributed by atoms with van der Waals surface area (Å²) in [6, 6.07) is 0. The van der Waals surface area contributed by atoms with E-state index in [-0.39, 0.29) is 11.5 Å². The first kappa shape index (κ1) is 18.3. The molecule has 1 atom stereocenters. The average Bonchev–Trinajstić information content (AvgIpc) is 2.42. The summed E-state index contributed by atoms with van der Waals surface area (Å²) in [5.41, 5.74) is -0.318. The maximum Gasteiger partial charge on any atom is 0.118 e. The molecular weight excluding hydrogens is 248 g/mol. The van der Waals surface area contributed by atoms with E-state index in [1.54, 1.807) is 18.2 Å². The molecule has 0 aromatic carbocycles. The summed E-state index contributed by atoms with van der Waals surface area (Å²) in [7, 11) is 0. The fourth-order valence-corrected chi connectivity index (χ4v) is 1.47. The van der Waals surface area contributed by atoms with Crippen molar-refractivity contribution in [2.45, 2.75) is 40.2 Å². The topological polar surface area (TPSA) is 18.5 Å². The summed E-state index contributed by atoms with van der Waals surface area (Å²) < 4.78 is 11.8. The number of hydrogen-bond donors (Lipinski definition) is 0. The lowest BCUT2D eigenvalue weighted by atomic mass is 9.93. The quantitative estimate of drug-likeness (QED) is 0.427. The highest BCUT2D eigenvalue weighted by Crippen LogP contribution is 2.25. The predicted octanol–water partition coefficient (Wildman–Crippen LogP) is 5.17. The molecule has 0 rings (SSSR count). The van der Waals surface area contributed by atoms with Gasteiger partial charge in [-0.2, -0.15) is 0 Å². The molecule has 0 saturated heterocycles. The minimum absolute atomic E-state index is 0.218. The van der Waals surface area contributed by atoms with E-state index in [9.17, 15) is 0 Å². The second kappa shape index (κ2) is 9.24. The van der Waals surface area contributed by atoms with Gasteiger partial charge in [-0.15, -0.1) is 0 Å². The van der Waals surface area contributed by atoms with Gasteiger partial charge in [0.05, 0.1) is 6.61 Å². The van der Waals surface area contributed by atoms with Gasteiger partial charge in [0.15, 0.2) is 0 Å². The first-order valence-electron chi connectivity index (χ1n) is 6.97. The molecule has 1 unspecified atom stereocenters. The van der Waals surface area contributed by atoms with Crippen LogP contribution in [-0.2, 0) is 9.47 Å². The Morgan fingerprint density at radius 3 is 2.30 bits per heavy atom. The van der Waals surface area contributed by atoms with Crippen LogP contribution < -0.4 is 0 Å². The van der Waals surface area contributed by atoms with Crippen LogP contribution in [-0.4, -0.2) is 12.2 Å². The Morgan fingerprint density at radius 2 is 1.85 bits per heavy atom. The summed E-state index contributed by atoms with van der Waals surface area (Å²) in [6.07, 6.45) is 11.1. The first-order valence-corrected chi connectivity index (χ1v) is 6.97. The first-order chi connectivity index (χ1) is 9.41. The molecule has 0 heterocycles. The summed E-state index contributed by atoms with van der Waals surface area (Å²) in [4.78, 5) is 0. The summed E-state index contributed by atoms with van der Waals surface area (Å²) >= 11 is 0. The minimum Gasteiger partial charge on any atom is -0.493 e. The van der Waals surface area contributed by atoms with Gasteiger partial charge in [0.2, 0.25) is 0 Å². The molecule has 2 heteroatoms. The number of allylic oxidation sites excluding steroid dienone is 6. The predicted molar refractivity (Wildman–Crippen MR) is 87.3 cm³/mol. The molecule has 0 saturated carbocycles. The lowest BCUT2D eigenvalue weighted by Gasteiger charge is -2.33. The third-order valence-corrected chi connectivity index (χ3v) is 3.17. The molecule has 2 nitrogen and oxygen atoms in total. The van der Waals surface area contributed by atoms with Crippen LogP contribution in [0, 0.1) is 5.92 Å². The van der Waals surface area contributed by atoms with Crippen LogP contribution in [0.2, 0.25) is 0 Å². The fraction of sp³-hybridized carbons (Fsp3) is 0.444. The molecule has 0 amide bonds. The third kappa shape index (κ3) is 6.46. The van der Waals surface area contributed by atoms with Crippen LogP contribution in [0.25, 0.3) is 0 Å². The van der Waals surface area contributed by atoms with Gasteiger partial charge in [-0.1, -0.05) is 32.2 Å². The summed E-state index contributed by atoms with van der Waals surface area (Å²) in [6.45, 7) is 18.1. The smallest absolute Gasteiger partial charge is 0.118 e. The molecular formula is C18H28O2. The molecule has 0 aliphatic carbocycles. The van der Waals surface area contributed by atoms with E-state index in [0.717, 1.165) is 11.5 Å². The van der Waals surface area contributed by atoms with Crippen LogP contribution >= 0.6 is 0 Å².